The fourth-order valence-corrected chi connectivity index (χ4v) is 5.54. The maximum atomic E-state index is 4.36. The van der Waals surface area contributed by atoms with Crippen LogP contribution in [0.3, 0.4) is 0 Å². The van der Waals surface area contributed by atoms with Crippen molar-refractivity contribution in [3.05, 3.63) is 191 Å². The molecule has 3 heteroatoms. The van der Waals surface area contributed by atoms with Crippen molar-refractivity contribution in [2.45, 2.75) is 60.3 Å². The van der Waals surface area contributed by atoms with E-state index in [1.807, 2.05) is 75.8 Å². The zero-order valence-corrected chi connectivity index (χ0v) is 28.7. The number of hydrogen-bond donors (Lipinski definition) is 0. The summed E-state index contributed by atoms with van der Waals surface area (Å²) in [5.74, 6) is 0.471. The summed E-state index contributed by atoms with van der Waals surface area (Å²) in [5.41, 5.74) is 11.8. The van der Waals surface area contributed by atoms with Crippen LogP contribution in [0.1, 0.15) is 61.8 Å². The molecule has 0 amide bonds. The molecule has 0 fully saturated rings. The van der Waals surface area contributed by atoms with E-state index in [2.05, 4.69) is 120 Å². The molecular weight excluding hydrogens is 571 g/mol. The smallest absolute Gasteiger partial charge is 0.0641 e. The highest BCUT2D eigenvalue weighted by Gasteiger charge is 2.22. The van der Waals surface area contributed by atoms with Gasteiger partial charge in [0, 0.05) is 35.9 Å². The quantitative estimate of drug-likeness (QED) is 0.222. The third-order valence-corrected chi connectivity index (χ3v) is 8.06. The van der Waals surface area contributed by atoms with Crippen molar-refractivity contribution in [3.8, 4) is 0 Å². The molecule has 2 aromatic heterocycles. The first-order valence-corrected chi connectivity index (χ1v) is 16.9. The molecule has 0 radical (unpaired) electrons. The standard InChI is InChI=1S/C29H28N2.C7H8.C6H7N.C2H6/c1-22-9-11-23(12-10-22)25-13-14-26(20-25)24-15-17-28(18-16-24)31(27-6-3-2-4-7-27)29-8-5-19-30-21-29;1-7-5-3-2-4-6-7;1-6-3-2-4-7-5-6;1-2/h2-3,5-6,8-15,17-19,21,24H,4,7,16,20H2,1H3;2-6H,1H3;2-5H,1H3;1-2H3. The Kier molecular flexibility index (Phi) is 14.0. The number of benzene rings is 2. The van der Waals surface area contributed by atoms with Crippen molar-refractivity contribution >= 4 is 11.3 Å². The van der Waals surface area contributed by atoms with Gasteiger partial charge in [-0.15, -0.1) is 0 Å². The van der Waals surface area contributed by atoms with Crippen LogP contribution in [-0.4, -0.2) is 9.97 Å². The number of aryl methyl sites for hydroxylation is 3. The Bertz CT molecular complexity index is 1650. The predicted octanol–water partition coefficient (Wildman–Crippen LogP) is 11.7. The fraction of sp³-hybridized carbons (Fsp3) is 0.227. The molecule has 0 bridgehead atoms. The molecule has 0 saturated heterocycles. The summed E-state index contributed by atoms with van der Waals surface area (Å²) < 4.78 is 0. The van der Waals surface area contributed by atoms with Crippen LogP contribution in [0.25, 0.3) is 5.57 Å². The Hall–Kier alpha value is -5.02. The van der Waals surface area contributed by atoms with Crippen LogP contribution in [0.5, 0.6) is 0 Å². The maximum Gasteiger partial charge on any atom is 0.0641 e. The first-order chi connectivity index (χ1) is 23.1. The second-order valence-electron chi connectivity index (χ2n) is 11.7. The van der Waals surface area contributed by atoms with E-state index in [9.17, 15) is 0 Å². The zero-order chi connectivity index (χ0) is 33.3. The van der Waals surface area contributed by atoms with Crippen LogP contribution in [0.4, 0.5) is 5.69 Å². The third kappa shape index (κ3) is 10.8. The first kappa shape index (κ1) is 34.8. The first-order valence-electron chi connectivity index (χ1n) is 16.9. The fourth-order valence-electron chi connectivity index (χ4n) is 5.54. The molecule has 240 valence electrons. The van der Waals surface area contributed by atoms with Gasteiger partial charge in [-0.3, -0.25) is 9.97 Å². The Morgan fingerprint density at radius 1 is 0.702 bits per heavy atom. The average molecular weight is 620 g/mol. The van der Waals surface area contributed by atoms with Gasteiger partial charge in [0.2, 0.25) is 0 Å². The number of pyridine rings is 2. The van der Waals surface area contributed by atoms with Crippen LogP contribution < -0.4 is 4.90 Å². The van der Waals surface area contributed by atoms with Crippen molar-refractivity contribution in [1.29, 1.82) is 0 Å². The normalized spacial score (nSPS) is 16.0. The minimum atomic E-state index is 0.471. The molecule has 0 aliphatic heterocycles. The molecule has 2 heterocycles. The van der Waals surface area contributed by atoms with Crippen molar-refractivity contribution in [1.82, 2.24) is 9.97 Å². The molecule has 47 heavy (non-hydrogen) atoms. The van der Waals surface area contributed by atoms with Crippen LogP contribution in [-0.2, 0) is 0 Å². The van der Waals surface area contributed by atoms with Crippen molar-refractivity contribution < 1.29 is 0 Å². The van der Waals surface area contributed by atoms with Gasteiger partial charge in [-0.1, -0.05) is 128 Å². The Morgan fingerprint density at radius 2 is 1.40 bits per heavy atom. The van der Waals surface area contributed by atoms with E-state index in [0.29, 0.717) is 5.92 Å². The van der Waals surface area contributed by atoms with Gasteiger partial charge in [-0.2, -0.15) is 0 Å². The van der Waals surface area contributed by atoms with Gasteiger partial charge >= 0.3 is 0 Å². The molecule has 1 atom stereocenters. The number of nitrogens with zero attached hydrogens (tertiary/aromatic N) is 3. The highest BCUT2D eigenvalue weighted by molar-refractivity contribution is 5.73. The van der Waals surface area contributed by atoms with E-state index < -0.39 is 0 Å². The Labute approximate surface area is 283 Å². The van der Waals surface area contributed by atoms with E-state index >= 15 is 0 Å². The minimum Gasteiger partial charge on any atom is -0.313 e. The lowest BCUT2D eigenvalue weighted by molar-refractivity contribution is 0.742. The summed E-state index contributed by atoms with van der Waals surface area (Å²) in [6, 6.07) is 27.2. The van der Waals surface area contributed by atoms with Crippen molar-refractivity contribution in [2.75, 3.05) is 4.90 Å². The molecular formula is C44H49N3. The van der Waals surface area contributed by atoms with E-state index in [1.54, 1.807) is 6.20 Å². The lowest BCUT2D eigenvalue weighted by Gasteiger charge is -2.31. The van der Waals surface area contributed by atoms with Crippen LogP contribution in [0.2, 0.25) is 0 Å². The molecule has 3 aliphatic rings. The monoisotopic (exact) mass is 619 g/mol. The second kappa shape index (κ2) is 18.8. The van der Waals surface area contributed by atoms with Gasteiger partial charge in [0.05, 0.1) is 11.9 Å². The van der Waals surface area contributed by atoms with Gasteiger partial charge in [0.15, 0.2) is 0 Å². The van der Waals surface area contributed by atoms with Gasteiger partial charge in [-0.25, -0.2) is 0 Å². The minimum absolute atomic E-state index is 0.471. The van der Waals surface area contributed by atoms with Crippen LogP contribution in [0, 0.1) is 26.7 Å². The maximum absolute atomic E-state index is 4.36. The number of allylic oxidation sites excluding steroid dienone is 11. The van der Waals surface area contributed by atoms with Crippen LogP contribution >= 0.6 is 0 Å². The lowest BCUT2D eigenvalue weighted by atomic mass is 9.88. The third-order valence-electron chi connectivity index (χ3n) is 8.06. The SMILES string of the molecule is CC.Cc1ccc(C2=CC=C(C3C=CC(N(C4=CC=CCC4)c4cccnc4)=CC3)C2)cc1.Cc1ccccc1.Cc1cccnc1. The summed E-state index contributed by atoms with van der Waals surface area (Å²) in [4.78, 5) is 10.6. The van der Waals surface area contributed by atoms with Crippen LogP contribution in [0.15, 0.2) is 169 Å². The molecule has 4 aromatic rings. The predicted molar refractivity (Wildman–Crippen MR) is 202 cm³/mol. The summed E-state index contributed by atoms with van der Waals surface area (Å²) in [7, 11) is 0. The summed E-state index contributed by atoms with van der Waals surface area (Å²) >= 11 is 0. The molecule has 2 aromatic carbocycles. The second-order valence-corrected chi connectivity index (χ2v) is 11.7. The highest BCUT2D eigenvalue weighted by atomic mass is 15.2. The highest BCUT2D eigenvalue weighted by Crippen LogP contribution is 2.37. The molecule has 7 rings (SSSR count). The molecule has 0 N–H and O–H groups in total. The van der Waals surface area contributed by atoms with Crippen molar-refractivity contribution in [3.63, 3.8) is 0 Å². The van der Waals surface area contributed by atoms with E-state index in [1.165, 1.54) is 44.8 Å². The largest absolute Gasteiger partial charge is 0.313 e. The van der Waals surface area contributed by atoms with Gasteiger partial charge in [0.25, 0.3) is 0 Å². The average Bonchev–Trinajstić information content (AvgIpc) is 3.63. The van der Waals surface area contributed by atoms with Gasteiger partial charge in [0.1, 0.15) is 0 Å². The molecule has 1 unspecified atom stereocenters. The zero-order valence-electron chi connectivity index (χ0n) is 28.7. The van der Waals surface area contributed by atoms with Gasteiger partial charge < -0.3 is 4.90 Å². The summed E-state index contributed by atoms with van der Waals surface area (Å²) in [6.45, 7) is 10.2. The van der Waals surface area contributed by atoms with Gasteiger partial charge in [-0.05, 0) is 93.5 Å². The number of aromatic nitrogens is 2. The summed E-state index contributed by atoms with van der Waals surface area (Å²) in [5, 5.41) is 0. The lowest BCUT2D eigenvalue weighted by Crippen LogP contribution is -2.23. The molecule has 3 aliphatic carbocycles. The van der Waals surface area contributed by atoms with E-state index in [4.69, 9.17) is 0 Å². The number of hydrogen-bond acceptors (Lipinski definition) is 3. The van der Waals surface area contributed by atoms with E-state index in [0.717, 1.165) is 31.4 Å². The number of anilines is 1. The van der Waals surface area contributed by atoms with E-state index in [-0.39, 0.29) is 0 Å². The molecule has 0 spiro atoms. The Balaban J connectivity index is 0.000000256. The Morgan fingerprint density at radius 3 is 1.94 bits per heavy atom. The summed E-state index contributed by atoms with van der Waals surface area (Å²) in [6.07, 6.45) is 29.9. The molecule has 3 nitrogen and oxygen atoms in total. The topological polar surface area (TPSA) is 29.0 Å². The number of rotatable bonds is 5. The molecule has 0 saturated carbocycles. The van der Waals surface area contributed by atoms with Crippen molar-refractivity contribution in [2.24, 2.45) is 5.92 Å².